The van der Waals surface area contributed by atoms with E-state index in [9.17, 15) is 15.0 Å². The summed E-state index contributed by atoms with van der Waals surface area (Å²) in [5, 5.41) is 28.4. The number of ether oxygens (including phenoxy) is 1. The normalized spacial score (nSPS) is 21.4. The van der Waals surface area contributed by atoms with Gasteiger partial charge in [-0.1, -0.05) is 0 Å². The van der Waals surface area contributed by atoms with Crippen molar-refractivity contribution in [3.05, 3.63) is 24.3 Å². The van der Waals surface area contributed by atoms with Gasteiger partial charge in [0.15, 0.2) is 0 Å². The van der Waals surface area contributed by atoms with Crippen LogP contribution in [0, 0.1) is 0 Å². The average molecular weight is 380 g/mol. The van der Waals surface area contributed by atoms with E-state index in [0.717, 1.165) is 25.7 Å². The second-order valence-electron chi connectivity index (χ2n) is 8.22. The highest BCUT2D eigenvalue weighted by Crippen LogP contribution is 2.19. The molecule has 1 fully saturated rings. The van der Waals surface area contributed by atoms with Crippen LogP contribution in [0.2, 0.25) is 0 Å². The molecule has 1 atom stereocenters. The number of hydrogen-bond acceptors (Lipinski definition) is 5. The van der Waals surface area contributed by atoms with Gasteiger partial charge in [0.05, 0.1) is 6.10 Å². The first-order valence-electron chi connectivity index (χ1n) is 9.63. The Hall–Kier alpha value is -1.83. The van der Waals surface area contributed by atoms with Crippen LogP contribution in [0.1, 0.15) is 46.5 Å². The van der Waals surface area contributed by atoms with Crippen molar-refractivity contribution in [3.63, 3.8) is 0 Å². The van der Waals surface area contributed by atoms with Gasteiger partial charge in [0, 0.05) is 23.8 Å². The Morgan fingerprint density at radius 1 is 1.19 bits per heavy atom. The van der Waals surface area contributed by atoms with E-state index < -0.39 is 6.10 Å². The summed E-state index contributed by atoms with van der Waals surface area (Å²) in [6.07, 6.45) is 2.23. The summed E-state index contributed by atoms with van der Waals surface area (Å²) in [6, 6.07) is 6.92. The molecule has 152 valence electrons. The molecule has 0 bridgehead atoms. The topological polar surface area (TPSA) is 103 Å². The lowest BCUT2D eigenvalue weighted by atomic mass is 9.93. The largest absolute Gasteiger partial charge is 0.491 e. The molecule has 0 aromatic heterocycles. The Balaban J connectivity index is 1.70. The molecule has 0 heterocycles. The van der Waals surface area contributed by atoms with Crippen LogP contribution in [0.25, 0.3) is 0 Å². The summed E-state index contributed by atoms with van der Waals surface area (Å²) < 4.78 is 5.58. The van der Waals surface area contributed by atoms with Gasteiger partial charge in [-0.3, -0.25) is 0 Å². The standard InChI is InChI=1S/C20H33N3O4/c1-20(2,3)21-12-17(25)13-27-18-10-6-15(7-11-18)23-19(26)22-14-4-8-16(24)9-5-14/h6-7,10-11,14,16-17,21,24-25H,4-5,8-9,12-13H2,1-3H3,(H2,22,23,26)/t14?,16?,17-/m0/s1. The summed E-state index contributed by atoms with van der Waals surface area (Å²) in [6.45, 7) is 6.78. The summed E-state index contributed by atoms with van der Waals surface area (Å²) >= 11 is 0. The third-order valence-corrected chi connectivity index (χ3v) is 4.45. The molecule has 27 heavy (non-hydrogen) atoms. The summed E-state index contributed by atoms with van der Waals surface area (Å²) in [7, 11) is 0. The number of aliphatic hydroxyl groups excluding tert-OH is 2. The van der Waals surface area contributed by atoms with E-state index in [1.807, 2.05) is 20.8 Å². The van der Waals surface area contributed by atoms with Gasteiger partial charge in [0.1, 0.15) is 18.5 Å². The van der Waals surface area contributed by atoms with E-state index in [1.54, 1.807) is 24.3 Å². The highest BCUT2D eigenvalue weighted by Gasteiger charge is 2.20. The van der Waals surface area contributed by atoms with Crippen LogP contribution in [-0.4, -0.2) is 53.2 Å². The van der Waals surface area contributed by atoms with Crippen molar-refractivity contribution in [1.82, 2.24) is 10.6 Å². The number of carbonyl (C=O) groups is 1. The molecule has 0 unspecified atom stereocenters. The first-order valence-corrected chi connectivity index (χ1v) is 9.63. The van der Waals surface area contributed by atoms with E-state index in [4.69, 9.17) is 4.74 Å². The predicted octanol–water partition coefficient (Wildman–Crippen LogP) is 2.24. The summed E-state index contributed by atoms with van der Waals surface area (Å²) in [4.78, 5) is 12.1. The SMILES string of the molecule is CC(C)(C)NC[C@H](O)COc1ccc(NC(=O)NC2CCC(O)CC2)cc1. The Morgan fingerprint density at radius 2 is 1.81 bits per heavy atom. The van der Waals surface area contributed by atoms with E-state index in [1.165, 1.54) is 0 Å². The lowest BCUT2D eigenvalue weighted by molar-refractivity contribution is 0.100. The Bertz CT molecular complexity index is 578. The number of amides is 2. The Kier molecular flexibility index (Phi) is 7.89. The van der Waals surface area contributed by atoms with Gasteiger partial charge >= 0.3 is 6.03 Å². The number of anilines is 1. The number of β-amino-alcohol motifs (C(OH)–C–C–N with tert-alkyl or cyclic N) is 1. The van der Waals surface area contributed by atoms with Crippen molar-refractivity contribution in [2.75, 3.05) is 18.5 Å². The maximum Gasteiger partial charge on any atom is 0.319 e. The van der Waals surface area contributed by atoms with E-state index >= 15 is 0 Å². The van der Waals surface area contributed by atoms with Crippen molar-refractivity contribution < 1.29 is 19.7 Å². The molecule has 1 aliphatic rings. The smallest absolute Gasteiger partial charge is 0.319 e. The van der Waals surface area contributed by atoms with Gasteiger partial charge in [-0.15, -0.1) is 0 Å². The fraction of sp³-hybridized carbons (Fsp3) is 0.650. The number of aliphatic hydroxyl groups is 2. The zero-order valence-electron chi connectivity index (χ0n) is 16.5. The van der Waals surface area contributed by atoms with Gasteiger partial charge in [0.2, 0.25) is 0 Å². The zero-order valence-corrected chi connectivity index (χ0v) is 16.5. The first kappa shape index (κ1) is 21.5. The Morgan fingerprint density at radius 3 is 2.41 bits per heavy atom. The van der Waals surface area contributed by atoms with Crippen molar-refractivity contribution in [2.24, 2.45) is 0 Å². The summed E-state index contributed by atoms with van der Waals surface area (Å²) in [5.74, 6) is 0.636. The number of nitrogens with one attached hydrogen (secondary N) is 3. The minimum atomic E-state index is -0.596. The lowest BCUT2D eigenvalue weighted by Gasteiger charge is -2.26. The lowest BCUT2D eigenvalue weighted by Crippen LogP contribution is -2.42. The van der Waals surface area contributed by atoms with Crippen LogP contribution >= 0.6 is 0 Å². The van der Waals surface area contributed by atoms with Gasteiger partial charge in [0.25, 0.3) is 0 Å². The van der Waals surface area contributed by atoms with E-state index in [0.29, 0.717) is 18.0 Å². The van der Waals surface area contributed by atoms with Crippen molar-refractivity contribution in [2.45, 2.75) is 70.2 Å². The number of hydrogen-bond donors (Lipinski definition) is 5. The zero-order chi connectivity index (χ0) is 19.9. The van der Waals surface area contributed by atoms with Crippen LogP contribution in [0.5, 0.6) is 5.75 Å². The highest BCUT2D eigenvalue weighted by molar-refractivity contribution is 5.89. The van der Waals surface area contributed by atoms with Crippen LogP contribution < -0.4 is 20.7 Å². The highest BCUT2D eigenvalue weighted by atomic mass is 16.5. The fourth-order valence-electron chi connectivity index (χ4n) is 2.88. The molecule has 1 aromatic rings. The third kappa shape index (κ3) is 8.60. The third-order valence-electron chi connectivity index (χ3n) is 4.45. The van der Waals surface area contributed by atoms with E-state index in [2.05, 4.69) is 16.0 Å². The molecule has 1 aromatic carbocycles. The van der Waals surface area contributed by atoms with Gasteiger partial charge in [-0.25, -0.2) is 4.79 Å². The first-order chi connectivity index (χ1) is 12.7. The molecule has 0 aliphatic heterocycles. The second-order valence-corrected chi connectivity index (χ2v) is 8.22. The van der Waals surface area contributed by atoms with Gasteiger partial charge in [-0.05, 0) is 70.7 Å². The number of urea groups is 1. The van der Waals surface area contributed by atoms with Gasteiger partial charge < -0.3 is 30.9 Å². The molecular weight excluding hydrogens is 346 g/mol. The molecule has 0 radical (unpaired) electrons. The maximum atomic E-state index is 12.1. The number of carbonyl (C=O) groups excluding carboxylic acids is 1. The predicted molar refractivity (Wildman–Crippen MR) is 106 cm³/mol. The molecule has 1 aliphatic carbocycles. The quantitative estimate of drug-likeness (QED) is 0.500. The number of rotatable bonds is 7. The van der Waals surface area contributed by atoms with Crippen LogP contribution in [0.4, 0.5) is 10.5 Å². The molecular formula is C20H33N3O4. The molecule has 0 saturated heterocycles. The molecule has 5 N–H and O–H groups in total. The van der Waals surface area contributed by atoms with Crippen molar-refractivity contribution >= 4 is 11.7 Å². The summed E-state index contributed by atoms with van der Waals surface area (Å²) in [5.41, 5.74) is 0.623. The second kappa shape index (κ2) is 9.92. The number of benzene rings is 1. The van der Waals surface area contributed by atoms with Gasteiger partial charge in [-0.2, -0.15) is 0 Å². The molecule has 2 amide bonds. The monoisotopic (exact) mass is 379 g/mol. The minimum Gasteiger partial charge on any atom is -0.491 e. The van der Waals surface area contributed by atoms with Crippen LogP contribution in [0.15, 0.2) is 24.3 Å². The van der Waals surface area contributed by atoms with Crippen molar-refractivity contribution in [1.29, 1.82) is 0 Å². The Labute approximate surface area is 161 Å². The van der Waals surface area contributed by atoms with E-state index in [-0.39, 0.29) is 30.3 Å². The molecule has 2 rings (SSSR count). The molecule has 7 heteroatoms. The van der Waals surface area contributed by atoms with Crippen molar-refractivity contribution in [3.8, 4) is 5.75 Å². The average Bonchev–Trinajstić information content (AvgIpc) is 2.61. The maximum absolute atomic E-state index is 12.1. The molecule has 7 nitrogen and oxygen atoms in total. The molecule has 0 spiro atoms. The van der Waals surface area contributed by atoms with Crippen LogP contribution in [-0.2, 0) is 0 Å². The molecule has 1 saturated carbocycles. The fourth-order valence-corrected chi connectivity index (χ4v) is 2.88. The van der Waals surface area contributed by atoms with Crippen LogP contribution in [0.3, 0.4) is 0 Å². The minimum absolute atomic E-state index is 0.0493.